The Morgan fingerprint density at radius 3 is 2.78 bits per heavy atom. The van der Waals surface area contributed by atoms with Crippen molar-refractivity contribution in [3.05, 3.63) is 83.8 Å². The van der Waals surface area contributed by atoms with Crippen LogP contribution in [0.3, 0.4) is 0 Å². The maximum absolute atomic E-state index is 13.9. The number of rotatable bonds is 5. The first-order valence-electron chi connectivity index (χ1n) is 12.0. The van der Waals surface area contributed by atoms with E-state index in [2.05, 4.69) is 36.6 Å². The van der Waals surface area contributed by atoms with Crippen molar-refractivity contribution < 1.29 is 4.39 Å². The number of pyridine rings is 1. The van der Waals surface area contributed by atoms with Crippen LogP contribution < -0.4 is 21.2 Å². The van der Waals surface area contributed by atoms with Crippen molar-refractivity contribution in [2.75, 3.05) is 18.0 Å². The number of nitrogens with zero attached hydrogens (tertiary/aromatic N) is 5. The van der Waals surface area contributed by atoms with Crippen LogP contribution in [0.1, 0.15) is 12.6 Å². The zero-order valence-corrected chi connectivity index (χ0v) is 20.2. The van der Waals surface area contributed by atoms with E-state index in [1.807, 2.05) is 31.2 Å². The van der Waals surface area contributed by atoms with E-state index in [1.54, 1.807) is 30.9 Å². The molecule has 0 aliphatic carbocycles. The lowest BCUT2D eigenvalue weighted by atomic mass is 10.0. The SMILES string of the molecule is C=C(/C=c1/c(-c2cc3c(-c4cccc(F)c4)cncc3[nH]2)n[nH]/c1=C/C)c1cncc(N2CC(N)C2)n1. The normalized spacial score (nSPS) is 14.9. The molecule has 1 aliphatic heterocycles. The molecule has 4 aromatic heterocycles. The van der Waals surface area contributed by atoms with Gasteiger partial charge in [0.25, 0.3) is 0 Å². The molecule has 4 N–H and O–H groups in total. The molecule has 1 aliphatic rings. The summed E-state index contributed by atoms with van der Waals surface area (Å²) in [7, 11) is 0. The summed E-state index contributed by atoms with van der Waals surface area (Å²) in [6.45, 7) is 7.74. The zero-order valence-electron chi connectivity index (χ0n) is 20.2. The number of hydrogen-bond acceptors (Lipinski definition) is 6. The third-order valence-corrected chi connectivity index (χ3v) is 6.56. The molecule has 8 nitrogen and oxygen atoms in total. The number of allylic oxidation sites excluding steroid dienone is 1. The average Bonchev–Trinajstić information content (AvgIpc) is 3.50. The maximum Gasteiger partial charge on any atom is 0.147 e. The van der Waals surface area contributed by atoms with Gasteiger partial charge in [0.2, 0.25) is 0 Å². The molecule has 184 valence electrons. The quantitative estimate of drug-likeness (QED) is 0.348. The lowest BCUT2D eigenvalue weighted by molar-refractivity contribution is 0.513. The molecule has 0 bridgehead atoms. The summed E-state index contributed by atoms with van der Waals surface area (Å²) in [6.07, 6.45) is 10.9. The number of fused-ring (bicyclic) bond motifs is 1. The Morgan fingerprint density at radius 2 is 2.00 bits per heavy atom. The van der Waals surface area contributed by atoms with Gasteiger partial charge in [-0.1, -0.05) is 24.8 Å². The molecule has 0 radical (unpaired) electrons. The summed E-state index contributed by atoms with van der Waals surface area (Å²) in [5, 5.41) is 10.4. The van der Waals surface area contributed by atoms with Gasteiger partial charge in [0.15, 0.2) is 0 Å². The molecule has 5 aromatic rings. The Morgan fingerprint density at radius 1 is 1.16 bits per heavy atom. The minimum atomic E-state index is -0.291. The van der Waals surface area contributed by atoms with Gasteiger partial charge in [-0.2, -0.15) is 5.10 Å². The zero-order chi connectivity index (χ0) is 25.5. The van der Waals surface area contributed by atoms with Crippen molar-refractivity contribution in [3.8, 4) is 22.5 Å². The third kappa shape index (κ3) is 4.19. The van der Waals surface area contributed by atoms with Gasteiger partial charge in [-0.25, -0.2) is 9.37 Å². The predicted molar refractivity (Wildman–Crippen MR) is 144 cm³/mol. The van der Waals surface area contributed by atoms with E-state index in [1.165, 1.54) is 12.1 Å². The molecule has 1 aromatic carbocycles. The lowest BCUT2D eigenvalue weighted by Gasteiger charge is -2.37. The summed E-state index contributed by atoms with van der Waals surface area (Å²) in [5.74, 6) is 0.497. The molecule has 0 unspecified atom stereocenters. The molecule has 6 rings (SSSR count). The number of aromatic nitrogens is 6. The maximum atomic E-state index is 13.9. The number of H-pyrrole nitrogens is 2. The molecule has 0 spiro atoms. The molecular weight excluding hydrogens is 467 g/mol. The Kier molecular flexibility index (Phi) is 5.61. The molecule has 1 saturated heterocycles. The van der Waals surface area contributed by atoms with Gasteiger partial charge in [0.05, 0.1) is 40.8 Å². The van der Waals surface area contributed by atoms with Crippen LogP contribution in [0.15, 0.2) is 61.7 Å². The highest BCUT2D eigenvalue weighted by molar-refractivity contribution is 5.97. The first kappa shape index (κ1) is 22.8. The number of nitrogens with one attached hydrogen (secondary N) is 2. The van der Waals surface area contributed by atoms with Gasteiger partial charge in [-0.05, 0) is 42.3 Å². The smallest absolute Gasteiger partial charge is 0.147 e. The van der Waals surface area contributed by atoms with Gasteiger partial charge < -0.3 is 15.6 Å². The Bertz CT molecular complexity index is 1760. The van der Waals surface area contributed by atoms with Crippen LogP contribution in [-0.2, 0) is 0 Å². The summed E-state index contributed by atoms with van der Waals surface area (Å²) >= 11 is 0. The van der Waals surface area contributed by atoms with Crippen molar-refractivity contribution in [2.45, 2.75) is 13.0 Å². The highest BCUT2D eigenvalue weighted by Gasteiger charge is 2.24. The lowest BCUT2D eigenvalue weighted by Crippen LogP contribution is -2.56. The summed E-state index contributed by atoms with van der Waals surface area (Å²) in [5.41, 5.74) is 11.3. The van der Waals surface area contributed by atoms with Crippen LogP contribution in [0.2, 0.25) is 0 Å². The number of aromatic amines is 2. The van der Waals surface area contributed by atoms with E-state index in [0.29, 0.717) is 11.3 Å². The van der Waals surface area contributed by atoms with E-state index in [-0.39, 0.29) is 11.9 Å². The third-order valence-electron chi connectivity index (χ3n) is 6.56. The van der Waals surface area contributed by atoms with Gasteiger partial charge >= 0.3 is 0 Å². The standard InChI is InChI=1S/C28H25FN8/c1-3-23-21(7-16(2)25-11-32-13-27(34-25)37-14-19(30)15-37)28(36-35-23)24-9-20-22(10-31-12-26(20)33-24)17-5-4-6-18(29)8-17/h3-13,19,33,35H,2,14-15,30H2,1H3/b21-7+,23-3+. The summed E-state index contributed by atoms with van der Waals surface area (Å²) in [4.78, 5) is 19.0. The summed E-state index contributed by atoms with van der Waals surface area (Å²) < 4.78 is 13.9. The van der Waals surface area contributed by atoms with Crippen molar-refractivity contribution in [1.82, 2.24) is 30.1 Å². The largest absolute Gasteiger partial charge is 0.352 e. The predicted octanol–water partition coefficient (Wildman–Crippen LogP) is 2.99. The number of nitrogens with two attached hydrogens (primary N) is 1. The van der Waals surface area contributed by atoms with Crippen LogP contribution in [0.5, 0.6) is 0 Å². The number of benzene rings is 1. The second-order valence-electron chi connectivity index (χ2n) is 9.13. The van der Waals surface area contributed by atoms with Gasteiger partial charge in [-0.3, -0.25) is 15.1 Å². The second kappa shape index (κ2) is 9.11. The molecule has 9 heteroatoms. The van der Waals surface area contributed by atoms with E-state index in [9.17, 15) is 4.39 Å². The van der Waals surface area contributed by atoms with Crippen molar-refractivity contribution in [3.63, 3.8) is 0 Å². The van der Waals surface area contributed by atoms with Crippen LogP contribution in [-0.4, -0.2) is 49.3 Å². The van der Waals surface area contributed by atoms with Crippen molar-refractivity contribution in [1.29, 1.82) is 0 Å². The minimum absolute atomic E-state index is 0.171. The Balaban J connectivity index is 1.42. The minimum Gasteiger partial charge on any atom is -0.352 e. The van der Waals surface area contributed by atoms with Crippen LogP contribution in [0.25, 0.3) is 51.1 Å². The average molecular weight is 493 g/mol. The molecule has 1 fully saturated rings. The fourth-order valence-corrected chi connectivity index (χ4v) is 4.61. The fraction of sp³-hybridized carbons (Fsp3) is 0.143. The van der Waals surface area contributed by atoms with Gasteiger partial charge in [0, 0.05) is 41.5 Å². The molecule has 0 atom stereocenters. The van der Waals surface area contributed by atoms with Gasteiger partial charge in [-0.15, -0.1) is 0 Å². The highest BCUT2D eigenvalue weighted by atomic mass is 19.1. The van der Waals surface area contributed by atoms with E-state index in [0.717, 1.165) is 62.9 Å². The van der Waals surface area contributed by atoms with E-state index < -0.39 is 0 Å². The summed E-state index contributed by atoms with van der Waals surface area (Å²) in [6, 6.07) is 8.69. The molecule has 0 amide bonds. The number of hydrogen-bond donors (Lipinski definition) is 3. The van der Waals surface area contributed by atoms with Crippen LogP contribution in [0, 0.1) is 5.82 Å². The van der Waals surface area contributed by atoms with Crippen molar-refractivity contribution >= 4 is 34.4 Å². The second-order valence-corrected chi connectivity index (χ2v) is 9.13. The van der Waals surface area contributed by atoms with E-state index >= 15 is 0 Å². The molecular formula is C28H25FN8. The van der Waals surface area contributed by atoms with E-state index in [4.69, 9.17) is 10.7 Å². The van der Waals surface area contributed by atoms with Crippen LogP contribution in [0.4, 0.5) is 10.2 Å². The molecule has 37 heavy (non-hydrogen) atoms. The first-order chi connectivity index (χ1) is 18.0. The number of halogens is 1. The fourth-order valence-electron chi connectivity index (χ4n) is 4.61. The highest BCUT2D eigenvalue weighted by Crippen LogP contribution is 2.30. The molecule has 5 heterocycles. The molecule has 0 saturated carbocycles. The first-order valence-corrected chi connectivity index (χ1v) is 12.0. The van der Waals surface area contributed by atoms with Crippen molar-refractivity contribution in [2.24, 2.45) is 5.73 Å². The monoisotopic (exact) mass is 492 g/mol. The van der Waals surface area contributed by atoms with Gasteiger partial charge in [0.1, 0.15) is 17.3 Å². The van der Waals surface area contributed by atoms with Crippen LogP contribution >= 0.6 is 0 Å². The number of anilines is 1. The topological polar surface area (TPSA) is 112 Å². The Labute approximate surface area is 212 Å². The Hall–Kier alpha value is -4.63.